The molecule has 4 rings (SSSR count). The topological polar surface area (TPSA) is 59.0 Å². The van der Waals surface area contributed by atoms with Gasteiger partial charge in [-0.3, -0.25) is 10.0 Å². The first-order valence-electron chi connectivity index (χ1n) is 10.9. The molecule has 31 heavy (non-hydrogen) atoms. The lowest BCUT2D eigenvalue weighted by Gasteiger charge is -2.35. The van der Waals surface area contributed by atoms with E-state index in [0.29, 0.717) is 18.5 Å². The number of carbonyl (C=O) groups excluding carboxylic acids is 1. The molecule has 0 radical (unpaired) electrons. The quantitative estimate of drug-likeness (QED) is 0.408. The molecule has 2 aliphatic rings. The summed E-state index contributed by atoms with van der Waals surface area (Å²) in [5, 5.41) is 8.75. The fourth-order valence-electron chi connectivity index (χ4n) is 4.06. The third kappa shape index (κ3) is 5.49. The van der Waals surface area contributed by atoms with Crippen LogP contribution in [-0.2, 0) is 4.79 Å². The van der Waals surface area contributed by atoms with Gasteiger partial charge in [0.1, 0.15) is 0 Å². The summed E-state index contributed by atoms with van der Waals surface area (Å²) >= 11 is 1.70. The molecular weight excluding hydrogens is 408 g/mol. The van der Waals surface area contributed by atoms with E-state index in [1.807, 2.05) is 6.08 Å². The number of carbonyl (C=O) groups is 1. The third-order valence-electron chi connectivity index (χ3n) is 6.04. The zero-order valence-corrected chi connectivity index (χ0v) is 18.8. The second-order valence-electron chi connectivity index (χ2n) is 7.89. The van der Waals surface area contributed by atoms with Crippen LogP contribution in [-0.4, -0.2) is 66.1 Å². The smallest absolute Gasteiger partial charge is 0.270 e. The summed E-state index contributed by atoms with van der Waals surface area (Å²) in [6.45, 7) is 9.29. The van der Waals surface area contributed by atoms with Gasteiger partial charge in [-0.2, -0.15) is 0 Å². The van der Waals surface area contributed by atoms with Crippen LogP contribution in [0, 0.1) is 0 Å². The maximum Gasteiger partial charge on any atom is 0.270 e. The molecule has 7 heteroatoms. The van der Waals surface area contributed by atoms with Crippen LogP contribution in [0.25, 0.3) is 11.1 Å². The van der Waals surface area contributed by atoms with E-state index in [-0.39, 0.29) is 0 Å². The Kier molecular flexibility index (Phi) is 7.29. The molecule has 0 aliphatic carbocycles. The van der Waals surface area contributed by atoms with Crippen LogP contribution < -0.4 is 10.4 Å². The van der Waals surface area contributed by atoms with Gasteiger partial charge >= 0.3 is 0 Å². The molecule has 1 fully saturated rings. The molecule has 0 saturated carbocycles. The summed E-state index contributed by atoms with van der Waals surface area (Å²) in [7, 11) is 0. The first-order valence-corrected chi connectivity index (χ1v) is 11.7. The Bertz CT molecular complexity index is 906. The lowest BCUT2D eigenvalue weighted by molar-refractivity contribution is -0.125. The van der Waals surface area contributed by atoms with E-state index in [1.165, 1.54) is 21.7 Å². The van der Waals surface area contributed by atoms with Gasteiger partial charge in [0, 0.05) is 55.4 Å². The van der Waals surface area contributed by atoms with Crippen molar-refractivity contribution in [3.8, 4) is 11.1 Å². The minimum absolute atomic E-state index is 0.400. The van der Waals surface area contributed by atoms with Gasteiger partial charge in [-0.15, -0.1) is 0 Å². The summed E-state index contributed by atoms with van der Waals surface area (Å²) in [6.07, 6.45) is 2.51. The molecular formula is C24H30N4O2S. The van der Waals surface area contributed by atoms with Crippen molar-refractivity contribution >= 4 is 23.5 Å². The maximum absolute atomic E-state index is 11.5. The molecule has 6 nitrogen and oxygen atoms in total. The van der Waals surface area contributed by atoms with Gasteiger partial charge in [0.05, 0.1) is 0 Å². The van der Waals surface area contributed by atoms with E-state index < -0.39 is 5.91 Å². The van der Waals surface area contributed by atoms with Gasteiger partial charge in [0.25, 0.3) is 5.91 Å². The molecule has 2 heterocycles. The van der Waals surface area contributed by atoms with Crippen LogP contribution in [0.3, 0.4) is 0 Å². The molecule has 0 bridgehead atoms. The first kappa shape index (κ1) is 21.9. The zero-order valence-electron chi connectivity index (χ0n) is 18.0. The molecule has 0 unspecified atom stereocenters. The number of anilines is 1. The van der Waals surface area contributed by atoms with Gasteiger partial charge < -0.3 is 9.80 Å². The number of nitrogens with one attached hydrogen (secondary N) is 1. The fourth-order valence-corrected chi connectivity index (χ4v) is 4.94. The Labute approximate surface area is 188 Å². The van der Waals surface area contributed by atoms with Crippen molar-refractivity contribution in [2.45, 2.75) is 18.2 Å². The Morgan fingerprint density at radius 2 is 1.61 bits per heavy atom. The standard InChI is InChI=1S/C24H30N4O2S/c1-2-26-15-17-27(18-16-26)22-7-3-19(4-8-22)20-5-9-23(10-6-20)31-28-13-11-21(12-14-28)24(29)25-30/h3-11,30H,2,12-18H2,1H3,(H,25,29). The molecule has 0 spiro atoms. The molecule has 2 N–H and O–H groups in total. The molecule has 2 aromatic carbocycles. The summed E-state index contributed by atoms with van der Waals surface area (Å²) in [4.78, 5) is 17.6. The molecule has 1 saturated heterocycles. The Morgan fingerprint density at radius 1 is 0.968 bits per heavy atom. The molecule has 2 aliphatic heterocycles. The Balaban J connectivity index is 1.33. The average Bonchev–Trinajstić information content (AvgIpc) is 2.85. The predicted molar refractivity (Wildman–Crippen MR) is 126 cm³/mol. The highest BCUT2D eigenvalue weighted by molar-refractivity contribution is 7.97. The summed E-state index contributed by atoms with van der Waals surface area (Å²) in [5.74, 6) is -0.400. The van der Waals surface area contributed by atoms with E-state index in [4.69, 9.17) is 5.21 Å². The molecule has 164 valence electrons. The van der Waals surface area contributed by atoms with Crippen LogP contribution in [0.1, 0.15) is 13.3 Å². The third-order valence-corrected chi connectivity index (χ3v) is 7.11. The van der Waals surface area contributed by atoms with Gasteiger partial charge in [-0.1, -0.05) is 37.3 Å². The number of hydrogen-bond donors (Lipinski definition) is 2. The number of piperazine rings is 1. The molecule has 0 aromatic heterocycles. The normalized spacial score (nSPS) is 18.0. The first-order chi connectivity index (χ1) is 15.2. The van der Waals surface area contributed by atoms with Crippen LogP contribution >= 0.6 is 11.9 Å². The number of rotatable bonds is 6. The highest BCUT2D eigenvalue weighted by Crippen LogP contribution is 2.29. The number of nitrogens with zero attached hydrogens (tertiary/aromatic N) is 3. The highest BCUT2D eigenvalue weighted by Gasteiger charge is 2.18. The van der Waals surface area contributed by atoms with Crippen molar-refractivity contribution in [1.82, 2.24) is 14.7 Å². The van der Waals surface area contributed by atoms with Gasteiger partial charge in [0.2, 0.25) is 0 Å². The van der Waals surface area contributed by atoms with Crippen molar-refractivity contribution < 1.29 is 10.0 Å². The second kappa shape index (κ2) is 10.3. The van der Waals surface area contributed by atoms with E-state index in [9.17, 15) is 4.79 Å². The minimum Gasteiger partial charge on any atom is -0.369 e. The van der Waals surface area contributed by atoms with Gasteiger partial charge in [-0.05, 0) is 60.3 Å². The zero-order chi connectivity index (χ0) is 21.6. The number of hydrogen-bond acceptors (Lipinski definition) is 6. The Hall–Kier alpha value is -2.32. The van der Waals surface area contributed by atoms with Crippen molar-refractivity contribution in [3.05, 3.63) is 60.2 Å². The lowest BCUT2D eigenvalue weighted by atomic mass is 10.1. The number of hydroxylamine groups is 1. The largest absolute Gasteiger partial charge is 0.369 e. The van der Waals surface area contributed by atoms with Crippen molar-refractivity contribution in [2.75, 3.05) is 50.7 Å². The Morgan fingerprint density at radius 3 is 2.16 bits per heavy atom. The number of amides is 1. The average molecular weight is 439 g/mol. The molecule has 0 atom stereocenters. The number of benzene rings is 2. The molecule has 2 aromatic rings. The van der Waals surface area contributed by atoms with Crippen LogP contribution in [0.5, 0.6) is 0 Å². The van der Waals surface area contributed by atoms with E-state index in [2.05, 4.69) is 69.6 Å². The maximum atomic E-state index is 11.5. The van der Waals surface area contributed by atoms with Crippen LogP contribution in [0.4, 0.5) is 5.69 Å². The van der Waals surface area contributed by atoms with Crippen molar-refractivity contribution in [3.63, 3.8) is 0 Å². The summed E-state index contributed by atoms with van der Waals surface area (Å²) < 4.78 is 2.22. The summed E-state index contributed by atoms with van der Waals surface area (Å²) in [5.41, 5.74) is 6.10. The minimum atomic E-state index is -0.400. The summed E-state index contributed by atoms with van der Waals surface area (Å²) in [6, 6.07) is 17.5. The monoisotopic (exact) mass is 438 g/mol. The van der Waals surface area contributed by atoms with Gasteiger partial charge in [-0.25, -0.2) is 9.79 Å². The number of likely N-dealkylation sites (N-methyl/N-ethyl adjacent to an activating group) is 1. The van der Waals surface area contributed by atoms with E-state index in [0.717, 1.165) is 39.3 Å². The lowest BCUT2D eigenvalue weighted by Crippen LogP contribution is -2.46. The molecule has 1 amide bonds. The van der Waals surface area contributed by atoms with Gasteiger partial charge in [0.15, 0.2) is 0 Å². The van der Waals surface area contributed by atoms with E-state index >= 15 is 0 Å². The van der Waals surface area contributed by atoms with Crippen molar-refractivity contribution in [1.29, 1.82) is 0 Å². The van der Waals surface area contributed by atoms with Crippen molar-refractivity contribution in [2.24, 2.45) is 0 Å². The predicted octanol–water partition coefficient (Wildman–Crippen LogP) is 3.64. The van der Waals surface area contributed by atoms with Crippen LogP contribution in [0.15, 0.2) is 65.1 Å². The SMILES string of the molecule is CCN1CCN(c2ccc(-c3ccc(SN4CC=C(C(=O)NO)CC4)cc3)cc2)CC1. The highest BCUT2D eigenvalue weighted by atomic mass is 32.2. The second-order valence-corrected chi connectivity index (χ2v) is 9.06. The fraction of sp³-hybridized carbons (Fsp3) is 0.375. The van der Waals surface area contributed by atoms with Crippen LogP contribution in [0.2, 0.25) is 0 Å². The van der Waals surface area contributed by atoms with E-state index in [1.54, 1.807) is 17.4 Å².